The van der Waals surface area contributed by atoms with Gasteiger partial charge in [-0.2, -0.15) is 5.10 Å². The second-order valence-corrected chi connectivity index (χ2v) is 2.50. The summed E-state index contributed by atoms with van der Waals surface area (Å²) in [6.45, 7) is 12.9. The molecule has 0 radical (unpaired) electrons. The van der Waals surface area contributed by atoms with Crippen LogP contribution in [0.15, 0.2) is 16.9 Å². The third-order valence-electron chi connectivity index (χ3n) is 1.11. The SMILES string of the molecule is C=NN(C=C(C)C)CCOC.CC. The van der Waals surface area contributed by atoms with Crippen LogP contribution in [0, 0.1) is 0 Å². The summed E-state index contributed by atoms with van der Waals surface area (Å²) in [6.07, 6.45) is 1.94. The molecule has 3 heteroatoms. The van der Waals surface area contributed by atoms with E-state index in [0.717, 1.165) is 6.54 Å². The van der Waals surface area contributed by atoms with E-state index in [1.807, 2.05) is 33.9 Å². The van der Waals surface area contributed by atoms with Gasteiger partial charge in [-0.25, -0.2) is 0 Å². The third-order valence-corrected chi connectivity index (χ3v) is 1.11. The van der Waals surface area contributed by atoms with Gasteiger partial charge in [0.05, 0.1) is 13.2 Å². The van der Waals surface area contributed by atoms with Crippen LogP contribution in [0.5, 0.6) is 0 Å². The lowest BCUT2D eigenvalue weighted by molar-refractivity contribution is 0.171. The monoisotopic (exact) mass is 186 g/mol. The van der Waals surface area contributed by atoms with E-state index in [1.165, 1.54) is 5.57 Å². The highest BCUT2D eigenvalue weighted by Gasteiger charge is 1.93. The normalized spacial score (nSPS) is 8.08. The van der Waals surface area contributed by atoms with E-state index in [1.54, 1.807) is 12.1 Å². The largest absolute Gasteiger partial charge is 0.383 e. The molecule has 0 atom stereocenters. The van der Waals surface area contributed by atoms with Crippen LogP contribution in [0.2, 0.25) is 0 Å². The number of hydrazone groups is 1. The Hall–Kier alpha value is -0.830. The maximum Gasteiger partial charge on any atom is 0.0658 e. The molecule has 0 saturated heterocycles. The molecule has 0 heterocycles. The molecule has 0 bridgehead atoms. The molecule has 0 saturated carbocycles. The number of hydrogen-bond donors (Lipinski definition) is 0. The molecule has 0 aliphatic heterocycles. The molecule has 0 fully saturated rings. The van der Waals surface area contributed by atoms with E-state index in [2.05, 4.69) is 11.8 Å². The molecule has 3 nitrogen and oxygen atoms in total. The Bertz CT molecular complexity index is 140. The topological polar surface area (TPSA) is 24.8 Å². The van der Waals surface area contributed by atoms with Crippen LogP contribution >= 0.6 is 0 Å². The zero-order valence-electron chi connectivity index (χ0n) is 9.50. The zero-order valence-corrected chi connectivity index (χ0v) is 9.50. The highest BCUT2D eigenvalue weighted by atomic mass is 16.5. The Kier molecular flexibility index (Phi) is 12.6. The smallest absolute Gasteiger partial charge is 0.0658 e. The summed E-state index contributed by atoms with van der Waals surface area (Å²) in [7, 11) is 1.67. The summed E-state index contributed by atoms with van der Waals surface area (Å²) in [4.78, 5) is 0. The van der Waals surface area contributed by atoms with Gasteiger partial charge in [-0.1, -0.05) is 19.4 Å². The van der Waals surface area contributed by atoms with Crippen LogP contribution in [0.25, 0.3) is 0 Å². The van der Waals surface area contributed by atoms with Gasteiger partial charge in [-0.05, 0) is 13.8 Å². The first-order valence-corrected chi connectivity index (χ1v) is 4.58. The lowest BCUT2D eigenvalue weighted by Gasteiger charge is -2.12. The molecule has 0 unspecified atom stereocenters. The van der Waals surface area contributed by atoms with Crippen molar-refractivity contribution in [2.45, 2.75) is 27.7 Å². The van der Waals surface area contributed by atoms with Gasteiger partial charge in [0.2, 0.25) is 0 Å². The molecule has 0 aromatic carbocycles. The van der Waals surface area contributed by atoms with Gasteiger partial charge in [0.1, 0.15) is 0 Å². The van der Waals surface area contributed by atoms with Gasteiger partial charge in [0, 0.05) is 20.0 Å². The zero-order chi connectivity index (χ0) is 10.7. The second-order valence-electron chi connectivity index (χ2n) is 2.50. The molecule has 0 aliphatic rings. The third kappa shape index (κ3) is 11.2. The maximum absolute atomic E-state index is 4.90. The maximum atomic E-state index is 4.90. The van der Waals surface area contributed by atoms with E-state index < -0.39 is 0 Å². The fourth-order valence-electron chi connectivity index (χ4n) is 0.659. The summed E-state index contributed by atoms with van der Waals surface area (Å²) in [5.74, 6) is 0. The number of methoxy groups -OCH3 is 1. The van der Waals surface area contributed by atoms with Crippen LogP contribution in [-0.2, 0) is 4.74 Å². The van der Waals surface area contributed by atoms with Crippen LogP contribution in [0.4, 0.5) is 0 Å². The minimum Gasteiger partial charge on any atom is -0.383 e. The summed E-state index contributed by atoms with van der Waals surface area (Å²) < 4.78 is 4.90. The van der Waals surface area contributed by atoms with Crippen LogP contribution in [0.3, 0.4) is 0 Å². The van der Waals surface area contributed by atoms with Crippen molar-refractivity contribution in [3.63, 3.8) is 0 Å². The minimum absolute atomic E-state index is 0.669. The quantitative estimate of drug-likeness (QED) is 0.487. The first-order chi connectivity index (χ1) is 6.20. The lowest BCUT2D eigenvalue weighted by atomic mass is 10.4. The average molecular weight is 186 g/mol. The molecule has 0 N–H and O–H groups in total. The van der Waals surface area contributed by atoms with Crippen molar-refractivity contribution in [1.82, 2.24) is 5.01 Å². The van der Waals surface area contributed by atoms with Crippen molar-refractivity contribution in [3.8, 4) is 0 Å². The predicted molar refractivity (Wildman–Crippen MR) is 58.9 cm³/mol. The molecule has 13 heavy (non-hydrogen) atoms. The standard InChI is InChI=1S/C8H16N2O.C2H6/c1-8(2)7-10(9-3)5-6-11-4;1-2/h7H,3,5-6H2,1-2,4H3;1-2H3. The number of ether oxygens (including phenoxy) is 1. The van der Waals surface area contributed by atoms with Gasteiger partial charge in [0.15, 0.2) is 0 Å². The molecule has 0 spiro atoms. The lowest BCUT2D eigenvalue weighted by Crippen LogP contribution is -2.15. The van der Waals surface area contributed by atoms with Crippen molar-refractivity contribution in [2.24, 2.45) is 5.10 Å². The van der Waals surface area contributed by atoms with Gasteiger partial charge in [-0.3, -0.25) is 5.01 Å². The molecular weight excluding hydrogens is 164 g/mol. The average Bonchev–Trinajstić information content (AvgIpc) is 2.15. The van der Waals surface area contributed by atoms with Crippen molar-refractivity contribution in [2.75, 3.05) is 20.3 Å². The van der Waals surface area contributed by atoms with Crippen LogP contribution in [0.1, 0.15) is 27.7 Å². The van der Waals surface area contributed by atoms with Crippen molar-refractivity contribution < 1.29 is 4.74 Å². The van der Waals surface area contributed by atoms with Gasteiger partial charge in [-0.15, -0.1) is 0 Å². The first kappa shape index (κ1) is 14.7. The molecule has 0 amide bonds. The second kappa shape index (κ2) is 11.2. The molecule has 0 rings (SSSR count). The highest BCUT2D eigenvalue weighted by molar-refractivity contribution is 5.22. The fraction of sp³-hybridized carbons (Fsp3) is 0.700. The molecule has 0 aromatic heterocycles. The van der Waals surface area contributed by atoms with E-state index in [0.29, 0.717) is 6.61 Å². The van der Waals surface area contributed by atoms with E-state index in [-0.39, 0.29) is 0 Å². The Morgan fingerprint density at radius 2 is 2.00 bits per heavy atom. The number of allylic oxidation sites excluding steroid dienone is 1. The Morgan fingerprint density at radius 1 is 1.46 bits per heavy atom. The van der Waals surface area contributed by atoms with Gasteiger partial charge in [0.25, 0.3) is 0 Å². The van der Waals surface area contributed by atoms with Crippen LogP contribution < -0.4 is 0 Å². The van der Waals surface area contributed by atoms with E-state index >= 15 is 0 Å². The molecule has 78 valence electrons. The fourth-order valence-corrected chi connectivity index (χ4v) is 0.659. The predicted octanol–water partition coefficient (Wildman–Crippen LogP) is 2.50. The summed E-state index contributed by atoms with van der Waals surface area (Å²) in [5, 5.41) is 5.56. The van der Waals surface area contributed by atoms with Gasteiger partial charge >= 0.3 is 0 Å². The minimum atomic E-state index is 0.669. The molecular formula is C10H22N2O. The van der Waals surface area contributed by atoms with E-state index in [9.17, 15) is 0 Å². The number of rotatable bonds is 5. The molecule has 0 aromatic rings. The van der Waals surface area contributed by atoms with Crippen molar-refractivity contribution in [3.05, 3.63) is 11.8 Å². The summed E-state index contributed by atoms with van der Waals surface area (Å²) in [6, 6.07) is 0. The first-order valence-electron chi connectivity index (χ1n) is 4.58. The van der Waals surface area contributed by atoms with Crippen LogP contribution in [-0.4, -0.2) is 32.0 Å². The Labute approximate surface area is 82.1 Å². The number of hydrogen-bond acceptors (Lipinski definition) is 3. The summed E-state index contributed by atoms with van der Waals surface area (Å²) >= 11 is 0. The highest BCUT2D eigenvalue weighted by Crippen LogP contribution is 1.95. The molecule has 0 aliphatic carbocycles. The van der Waals surface area contributed by atoms with Crippen molar-refractivity contribution in [1.29, 1.82) is 0 Å². The van der Waals surface area contributed by atoms with E-state index in [4.69, 9.17) is 4.74 Å². The Morgan fingerprint density at radius 3 is 2.31 bits per heavy atom. The Balaban J connectivity index is 0. The summed E-state index contributed by atoms with van der Waals surface area (Å²) in [5.41, 5.74) is 1.20. The van der Waals surface area contributed by atoms with Crippen molar-refractivity contribution >= 4 is 6.72 Å². The van der Waals surface area contributed by atoms with Gasteiger partial charge < -0.3 is 4.74 Å². The number of nitrogens with zero attached hydrogens (tertiary/aromatic N) is 2.